The normalized spacial score (nSPS) is 12.1. The molecule has 0 spiro atoms. The minimum absolute atomic E-state index is 0.380. The maximum atomic E-state index is 11.8. The maximum Gasteiger partial charge on any atom is 0.235 e. The topological polar surface area (TPSA) is 47.3 Å². The summed E-state index contributed by atoms with van der Waals surface area (Å²) in [6, 6.07) is 9.39. The van der Waals surface area contributed by atoms with E-state index in [9.17, 15) is 9.59 Å². The van der Waals surface area contributed by atoms with Gasteiger partial charge in [0.25, 0.3) is 0 Å². The molecule has 3 heteroatoms. The van der Waals surface area contributed by atoms with E-state index in [2.05, 4.69) is 0 Å². The lowest BCUT2D eigenvalue weighted by molar-refractivity contribution is 0.669. The van der Waals surface area contributed by atoms with Gasteiger partial charge in [-0.15, -0.1) is 0 Å². The summed E-state index contributed by atoms with van der Waals surface area (Å²) in [4.78, 5) is 23.4. The fourth-order valence-electron chi connectivity index (χ4n) is 2.70. The first-order valence-electron chi connectivity index (χ1n) is 5.72. The monoisotopic (exact) mass is 236 g/mol. The number of hydrogen-bond acceptors (Lipinski definition) is 3. The van der Waals surface area contributed by atoms with Crippen molar-refractivity contribution in [3.05, 3.63) is 56.3 Å². The van der Waals surface area contributed by atoms with Gasteiger partial charge < -0.3 is 4.42 Å². The molecule has 4 rings (SSSR count). The number of rotatable bonds is 0. The lowest BCUT2D eigenvalue weighted by Crippen LogP contribution is -2.31. The van der Waals surface area contributed by atoms with Crippen LogP contribution in [-0.4, -0.2) is 0 Å². The van der Waals surface area contributed by atoms with Crippen LogP contribution in [-0.2, 0) is 0 Å². The molecule has 1 aromatic heterocycles. The molecule has 0 bridgehead atoms. The van der Waals surface area contributed by atoms with E-state index in [1.165, 1.54) is 0 Å². The van der Waals surface area contributed by atoms with Crippen LogP contribution in [0.3, 0.4) is 0 Å². The Hall–Kier alpha value is -2.42. The quantitative estimate of drug-likeness (QED) is 0.441. The molecule has 0 saturated carbocycles. The van der Waals surface area contributed by atoms with E-state index in [-0.39, 0.29) is 5.43 Å². The molecule has 0 atom stereocenters. The first-order chi connectivity index (χ1) is 8.68. The Balaban J connectivity index is 2.45. The summed E-state index contributed by atoms with van der Waals surface area (Å²) < 4.78 is 5.72. The number of furan rings is 1. The van der Waals surface area contributed by atoms with Gasteiger partial charge in [0.15, 0.2) is 0 Å². The van der Waals surface area contributed by atoms with Crippen LogP contribution in [0.1, 0.15) is 5.56 Å². The van der Waals surface area contributed by atoms with Crippen LogP contribution in [0.15, 0.2) is 44.3 Å². The minimum atomic E-state index is -0.398. The van der Waals surface area contributed by atoms with Gasteiger partial charge in [-0.2, -0.15) is 0 Å². The molecule has 0 unspecified atom stereocenters. The molecule has 1 heterocycles. The highest BCUT2D eigenvalue weighted by Crippen LogP contribution is 2.34. The summed E-state index contributed by atoms with van der Waals surface area (Å²) in [5, 5.41) is 2.75. The van der Waals surface area contributed by atoms with Gasteiger partial charge in [-0.25, -0.2) is 0 Å². The molecule has 0 aliphatic heterocycles. The third kappa shape index (κ3) is 0.911. The molecule has 0 radical (unpaired) electrons. The highest BCUT2D eigenvalue weighted by molar-refractivity contribution is 6.20. The Morgan fingerprint density at radius 2 is 1.61 bits per heavy atom. The van der Waals surface area contributed by atoms with Gasteiger partial charge in [-0.05, 0) is 24.6 Å². The van der Waals surface area contributed by atoms with E-state index in [0.717, 1.165) is 21.9 Å². The zero-order valence-corrected chi connectivity index (χ0v) is 9.61. The van der Waals surface area contributed by atoms with Gasteiger partial charge in [0, 0.05) is 21.5 Å². The molecule has 86 valence electrons. The second kappa shape index (κ2) is 2.88. The molecule has 0 aliphatic rings. The zero-order chi connectivity index (χ0) is 12.4. The largest absolute Gasteiger partial charge is 0.456 e. The highest BCUT2D eigenvalue weighted by atomic mass is 16.3. The standard InChI is InChI=1S/C15H8O3/c1-7-6-10-12(13-11(7)14(16)15(13)17)8-4-2-3-5-9(8)18-10/h2-6H,1H3. The maximum absolute atomic E-state index is 11.8. The Morgan fingerprint density at radius 1 is 0.889 bits per heavy atom. The second-order valence-corrected chi connectivity index (χ2v) is 4.57. The van der Waals surface area contributed by atoms with Crippen molar-refractivity contribution in [2.75, 3.05) is 0 Å². The smallest absolute Gasteiger partial charge is 0.235 e. The van der Waals surface area contributed by atoms with Crippen molar-refractivity contribution in [3.63, 3.8) is 0 Å². The Bertz CT molecular complexity index is 1010. The SMILES string of the molecule is Cc1cc2oc3ccccc3c2c2c(=O)c(=O)c12. The predicted molar refractivity (Wildman–Crippen MR) is 70.9 cm³/mol. The number of para-hydroxylation sites is 1. The molecule has 0 fully saturated rings. The van der Waals surface area contributed by atoms with Gasteiger partial charge >= 0.3 is 0 Å². The summed E-state index contributed by atoms with van der Waals surface area (Å²) in [6.45, 7) is 1.83. The average Bonchev–Trinajstić information content (AvgIpc) is 2.73. The molecule has 3 aromatic carbocycles. The third-order valence-electron chi connectivity index (χ3n) is 3.53. The Labute approximate surface area is 101 Å². The van der Waals surface area contributed by atoms with Crippen molar-refractivity contribution in [3.8, 4) is 0 Å². The number of benzene rings is 2. The first-order valence-corrected chi connectivity index (χ1v) is 5.72. The highest BCUT2D eigenvalue weighted by Gasteiger charge is 2.21. The van der Waals surface area contributed by atoms with Gasteiger partial charge in [0.2, 0.25) is 10.9 Å². The van der Waals surface area contributed by atoms with E-state index in [1.54, 1.807) is 0 Å². The van der Waals surface area contributed by atoms with Gasteiger partial charge in [0.1, 0.15) is 11.2 Å². The molecular weight excluding hydrogens is 228 g/mol. The molecule has 0 N–H and O–H groups in total. The van der Waals surface area contributed by atoms with E-state index >= 15 is 0 Å². The fourth-order valence-corrected chi connectivity index (χ4v) is 2.70. The molecular formula is C15H8O3. The van der Waals surface area contributed by atoms with Crippen molar-refractivity contribution in [1.82, 2.24) is 0 Å². The third-order valence-corrected chi connectivity index (χ3v) is 3.53. The van der Waals surface area contributed by atoms with Crippen molar-refractivity contribution < 1.29 is 4.42 Å². The molecule has 3 nitrogen and oxygen atoms in total. The van der Waals surface area contributed by atoms with E-state index in [1.807, 2.05) is 37.3 Å². The summed E-state index contributed by atoms with van der Waals surface area (Å²) in [5.74, 6) is 0. The average molecular weight is 236 g/mol. The molecule has 18 heavy (non-hydrogen) atoms. The zero-order valence-electron chi connectivity index (χ0n) is 9.61. The Morgan fingerprint density at radius 3 is 2.44 bits per heavy atom. The van der Waals surface area contributed by atoms with E-state index < -0.39 is 5.43 Å². The number of hydrogen-bond donors (Lipinski definition) is 0. The van der Waals surface area contributed by atoms with Crippen molar-refractivity contribution in [2.24, 2.45) is 0 Å². The van der Waals surface area contributed by atoms with Crippen LogP contribution in [0.25, 0.3) is 32.7 Å². The van der Waals surface area contributed by atoms with Crippen LogP contribution in [0, 0.1) is 6.92 Å². The van der Waals surface area contributed by atoms with Crippen molar-refractivity contribution in [1.29, 1.82) is 0 Å². The first kappa shape index (κ1) is 9.59. The molecule has 0 amide bonds. The summed E-state index contributed by atoms with van der Waals surface area (Å²) in [5.41, 5.74) is 1.45. The van der Waals surface area contributed by atoms with Crippen LogP contribution in [0.4, 0.5) is 0 Å². The number of aryl methyl sites for hydroxylation is 1. The lowest BCUT2D eigenvalue weighted by Gasteiger charge is -2.04. The summed E-state index contributed by atoms with van der Waals surface area (Å²) >= 11 is 0. The van der Waals surface area contributed by atoms with Gasteiger partial charge in [-0.3, -0.25) is 9.59 Å². The molecule has 4 aromatic rings. The summed E-state index contributed by atoms with van der Waals surface area (Å²) in [6.07, 6.45) is 0. The summed E-state index contributed by atoms with van der Waals surface area (Å²) in [7, 11) is 0. The number of fused-ring (bicyclic) bond motifs is 5. The van der Waals surface area contributed by atoms with Crippen LogP contribution < -0.4 is 10.9 Å². The van der Waals surface area contributed by atoms with Crippen LogP contribution in [0.5, 0.6) is 0 Å². The van der Waals surface area contributed by atoms with Crippen LogP contribution >= 0.6 is 0 Å². The van der Waals surface area contributed by atoms with Crippen molar-refractivity contribution >= 4 is 32.7 Å². The van der Waals surface area contributed by atoms with Gasteiger partial charge in [-0.1, -0.05) is 18.2 Å². The molecule has 0 aliphatic carbocycles. The van der Waals surface area contributed by atoms with Gasteiger partial charge in [0.05, 0.1) is 0 Å². The Kier molecular flexibility index (Phi) is 1.53. The van der Waals surface area contributed by atoms with Crippen LogP contribution in [0.2, 0.25) is 0 Å². The lowest BCUT2D eigenvalue weighted by atomic mass is 9.95. The van der Waals surface area contributed by atoms with E-state index in [4.69, 9.17) is 4.42 Å². The van der Waals surface area contributed by atoms with Crippen molar-refractivity contribution in [2.45, 2.75) is 6.92 Å². The fraction of sp³-hybridized carbons (Fsp3) is 0.0667. The molecule has 0 saturated heterocycles. The predicted octanol–water partition coefficient (Wildman–Crippen LogP) is 2.64. The minimum Gasteiger partial charge on any atom is -0.456 e. The van der Waals surface area contributed by atoms with E-state index in [0.29, 0.717) is 16.4 Å². The second-order valence-electron chi connectivity index (χ2n) is 4.57.